The number of nitrogens with zero attached hydrogens (tertiary/aromatic N) is 3. The van der Waals surface area contributed by atoms with Crippen LogP contribution >= 0.6 is 11.6 Å². The van der Waals surface area contributed by atoms with Crippen molar-refractivity contribution in [3.05, 3.63) is 58.7 Å². The van der Waals surface area contributed by atoms with Crippen LogP contribution in [0.4, 0.5) is 5.82 Å². The van der Waals surface area contributed by atoms with Crippen LogP contribution in [0.1, 0.15) is 28.9 Å². The first kappa shape index (κ1) is 17.7. The quantitative estimate of drug-likeness (QED) is 0.839. The molecule has 0 saturated carbocycles. The number of benzene rings is 1. The lowest BCUT2D eigenvalue weighted by Gasteiger charge is -2.34. The monoisotopic (exact) mass is 359 g/mol. The van der Waals surface area contributed by atoms with Gasteiger partial charge in [-0.2, -0.15) is 0 Å². The summed E-state index contributed by atoms with van der Waals surface area (Å²) >= 11 is 5.96. The van der Waals surface area contributed by atoms with Gasteiger partial charge in [0, 0.05) is 37.9 Å². The minimum absolute atomic E-state index is 0.0115. The van der Waals surface area contributed by atoms with Crippen LogP contribution in [-0.4, -0.2) is 49.1 Å². The van der Waals surface area contributed by atoms with Crippen LogP contribution in [0.25, 0.3) is 0 Å². The minimum atomic E-state index is -0.0136. The van der Waals surface area contributed by atoms with E-state index >= 15 is 0 Å². The van der Waals surface area contributed by atoms with E-state index in [0.717, 1.165) is 29.5 Å². The lowest BCUT2D eigenvalue weighted by molar-refractivity contribution is 0.0395. The number of aromatic nitrogens is 1. The first-order chi connectivity index (χ1) is 12.1. The van der Waals surface area contributed by atoms with Crippen LogP contribution in [0.2, 0.25) is 5.02 Å². The Morgan fingerprint density at radius 3 is 2.72 bits per heavy atom. The number of amides is 1. The number of rotatable bonds is 4. The van der Waals surface area contributed by atoms with E-state index in [1.807, 2.05) is 43.3 Å². The number of morpholine rings is 1. The molecule has 1 aromatic carbocycles. The molecule has 1 aliphatic heterocycles. The molecular formula is C19H22ClN3O2. The highest BCUT2D eigenvalue weighted by molar-refractivity contribution is 6.30. The van der Waals surface area contributed by atoms with Gasteiger partial charge in [-0.25, -0.2) is 4.98 Å². The van der Waals surface area contributed by atoms with Gasteiger partial charge < -0.3 is 14.5 Å². The SMILES string of the molecule is CCN(C)C(=O)c1ccc(N2CCOC(c3ccc(Cl)cc3)C2)nc1. The lowest BCUT2D eigenvalue weighted by atomic mass is 10.1. The zero-order valence-corrected chi connectivity index (χ0v) is 15.2. The normalized spacial score (nSPS) is 17.4. The fourth-order valence-electron chi connectivity index (χ4n) is 2.80. The lowest BCUT2D eigenvalue weighted by Crippen LogP contribution is -2.38. The largest absolute Gasteiger partial charge is 0.370 e. The van der Waals surface area contributed by atoms with Gasteiger partial charge in [0.25, 0.3) is 5.91 Å². The van der Waals surface area contributed by atoms with Crippen LogP contribution < -0.4 is 4.90 Å². The van der Waals surface area contributed by atoms with Crippen LogP contribution in [0.3, 0.4) is 0 Å². The molecule has 0 spiro atoms. The van der Waals surface area contributed by atoms with E-state index in [1.165, 1.54) is 0 Å². The molecule has 1 saturated heterocycles. The molecule has 1 unspecified atom stereocenters. The van der Waals surface area contributed by atoms with Gasteiger partial charge in [-0.05, 0) is 36.8 Å². The topological polar surface area (TPSA) is 45.7 Å². The van der Waals surface area contributed by atoms with Crippen molar-refractivity contribution in [1.29, 1.82) is 0 Å². The summed E-state index contributed by atoms with van der Waals surface area (Å²) < 4.78 is 5.89. The summed E-state index contributed by atoms with van der Waals surface area (Å²) in [5.41, 5.74) is 1.71. The maximum absolute atomic E-state index is 12.2. The smallest absolute Gasteiger partial charge is 0.255 e. The van der Waals surface area contributed by atoms with Gasteiger partial charge in [0.05, 0.1) is 12.2 Å². The van der Waals surface area contributed by atoms with E-state index < -0.39 is 0 Å². The summed E-state index contributed by atoms with van der Waals surface area (Å²) in [6, 6.07) is 11.5. The predicted molar refractivity (Wildman–Crippen MR) is 99.2 cm³/mol. The maximum atomic E-state index is 12.2. The van der Waals surface area contributed by atoms with Gasteiger partial charge in [0.15, 0.2) is 0 Å². The van der Waals surface area contributed by atoms with Gasteiger partial charge in [-0.3, -0.25) is 4.79 Å². The summed E-state index contributed by atoms with van der Waals surface area (Å²) in [6.07, 6.45) is 1.64. The number of carbonyl (C=O) groups excluding carboxylic acids is 1. The summed E-state index contributed by atoms with van der Waals surface area (Å²) in [5.74, 6) is 0.848. The predicted octanol–water partition coefficient (Wildman–Crippen LogP) is 3.40. The van der Waals surface area contributed by atoms with Crippen molar-refractivity contribution >= 4 is 23.3 Å². The molecule has 132 valence electrons. The van der Waals surface area contributed by atoms with Crippen molar-refractivity contribution in [3.63, 3.8) is 0 Å². The average molecular weight is 360 g/mol. The maximum Gasteiger partial charge on any atom is 0.255 e. The molecule has 1 aromatic heterocycles. The minimum Gasteiger partial charge on any atom is -0.370 e. The summed E-state index contributed by atoms with van der Waals surface area (Å²) in [5, 5.41) is 0.718. The number of halogens is 1. The van der Waals surface area contributed by atoms with Gasteiger partial charge in [-0.1, -0.05) is 23.7 Å². The Labute approximate surface area is 153 Å². The Morgan fingerprint density at radius 1 is 1.32 bits per heavy atom. The Kier molecular flexibility index (Phi) is 5.56. The number of hydrogen-bond acceptors (Lipinski definition) is 4. The third-order valence-electron chi connectivity index (χ3n) is 4.45. The van der Waals surface area contributed by atoms with Crippen LogP contribution in [-0.2, 0) is 4.74 Å². The fraction of sp³-hybridized carbons (Fsp3) is 0.368. The molecule has 2 aromatic rings. The number of ether oxygens (including phenoxy) is 1. The molecule has 5 nitrogen and oxygen atoms in total. The van der Waals surface area contributed by atoms with Crippen molar-refractivity contribution in [2.24, 2.45) is 0 Å². The molecule has 0 bridgehead atoms. The van der Waals surface area contributed by atoms with Gasteiger partial charge in [0.1, 0.15) is 11.9 Å². The summed E-state index contributed by atoms with van der Waals surface area (Å²) in [7, 11) is 1.79. The zero-order valence-electron chi connectivity index (χ0n) is 14.5. The molecule has 25 heavy (non-hydrogen) atoms. The number of hydrogen-bond donors (Lipinski definition) is 0. The van der Waals surface area contributed by atoms with E-state index in [9.17, 15) is 4.79 Å². The van der Waals surface area contributed by atoms with E-state index in [4.69, 9.17) is 16.3 Å². The molecule has 1 aliphatic rings. The summed E-state index contributed by atoms with van der Waals surface area (Å²) in [6.45, 7) is 4.75. The first-order valence-electron chi connectivity index (χ1n) is 8.42. The number of anilines is 1. The second-order valence-corrected chi connectivity index (χ2v) is 6.52. The van der Waals surface area contributed by atoms with E-state index in [0.29, 0.717) is 18.7 Å². The van der Waals surface area contributed by atoms with Crippen LogP contribution in [0, 0.1) is 0 Å². The zero-order chi connectivity index (χ0) is 17.8. The Morgan fingerprint density at radius 2 is 2.08 bits per heavy atom. The third-order valence-corrected chi connectivity index (χ3v) is 4.70. The molecule has 0 aliphatic carbocycles. The van der Waals surface area contributed by atoms with E-state index in [2.05, 4.69) is 9.88 Å². The van der Waals surface area contributed by atoms with Crippen molar-refractivity contribution in [1.82, 2.24) is 9.88 Å². The molecular weight excluding hydrogens is 338 g/mol. The second kappa shape index (κ2) is 7.85. The molecule has 2 heterocycles. The highest BCUT2D eigenvalue weighted by Gasteiger charge is 2.23. The standard InChI is InChI=1S/C19H22ClN3O2/c1-3-22(2)19(24)15-6-9-18(21-12-15)23-10-11-25-17(13-23)14-4-7-16(20)8-5-14/h4-9,12,17H,3,10-11,13H2,1-2H3. The highest BCUT2D eigenvalue weighted by atomic mass is 35.5. The van der Waals surface area contributed by atoms with Crippen molar-refractivity contribution in [2.75, 3.05) is 38.2 Å². The van der Waals surface area contributed by atoms with Crippen LogP contribution in [0.15, 0.2) is 42.6 Å². The van der Waals surface area contributed by atoms with Gasteiger partial charge in [0.2, 0.25) is 0 Å². The van der Waals surface area contributed by atoms with Crippen LogP contribution in [0.5, 0.6) is 0 Å². The molecule has 0 radical (unpaired) electrons. The first-order valence-corrected chi connectivity index (χ1v) is 8.80. The molecule has 3 rings (SSSR count). The van der Waals surface area contributed by atoms with Gasteiger partial charge >= 0.3 is 0 Å². The number of carbonyl (C=O) groups is 1. The molecule has 6 heteroatoms. The molecule has 1 amide bonds. The highest BCUT2D eigenvalue weighted by Crippen LogP contribution is 2.26. The van der Waals surface area contributed by atoms with Gasteiger partial charge in [-0.15, -0.1) is 0 Å². The number of pyridine rings is 1. The Bertz CT molecular complexity index is 718. The summed E-state index contributed by atoms with van der Waals surface area (Å²) in [4.78, 5) is 20.5. The average Bonchev–Trinajstić information content (AvgIpc) is 2.67. The third kappa shape index (κ3) is 4.11. The van der Waals surface area contributed by atoms with Crippen molar-refractivity contribution in [3.8, 4) is 0 Å². The van der Waals surface area contributed by atoms with Crippen molar-refractivity contribution in [2.45, 2.75) is 13.0 Å². The fourth-order valence-corrected chi connectivity index (χ4v) is 2.93. The molecule has 0 N–H and O–H groups in total. The van der Waals surface area contributed by atoms with Crippen molar-refractivity contribution < 1.29 is 9.53 Å². The molecule has 1 fully saturated rings. The van der Waals surface area contributed by atoms with E-state index in [-0.39, 0.29) is 12.0 Å². The second-order valence-electron chi connectivity index (χ2n) is 6.08. The van der Waals surface area contributed by atoms with E-state index in [1.54, 1.807) is 18.1 Å². The Hall–Kier alpha value is -2.11. The molecule has 1 atom stereocenters. The Balaban J connectivity index is 1.71.